The van der Waals surface area contributed by atoms with Crippen LogP contribution in [-0.2, 0) is 4.74 Å². The Bertz CT molecular complexity index is 317. The largest absolute Gasteiger partial charge is 0.360 e. The van der Waals surface area contributed by atoms with E-state index in [9.17, 15) is 0 Å². The second-order valence-corrected chi connectivity index (χ2v) is 3.84. The molecule has 0 aliphatic heterocycles. The molecule has 0 amide bonds. The molecule has 0 aromatic heterocycles. The Balaban J connectivity index is 2.69. The highest BCUT2D eigenvalue weighted by Gasteiger charge is 2.11. The maximum atomic E-state index is 5.75. The summed E-state index contributed by atoms with van der Waals surface area (Å²) in [4.78, 5) is 2.29. The average Bonchev–Trinajstić information content (AvgIpc) is 2.38. The molecule has 0 saturated heterocycles. The van der Waals surface area contributed by atoms with Crippen molar-refractivity contribution in [3.63, 3.8) is 0 Å². The van der Waals surface area contributed by atoms with Crippen LogP contribution in [0.2, 0.25) is 0 Å². The van der Waals surface area contributed by atoms with Gasteiger partial charge in [-0.1, -0.05) is 50.3 Å². The fourth-order valence-corrected chi connectivity index (χ4v) is 1.79. The summed E-state index contributed by atoms with van der Waals surface area (Å²) < 4.78 is 5.75. The van der Waals surface area contributed by atoms with Crippen molar-refractivity contribution in [3.8, 4) is 0 Å². The maximum Gasteiger partial charge on any atom is 0.130 e. The van der Waals surface area contributed by atoms with Crippen LogP contribution in [0.4, 0.5) is 0 Å². The van der Waals surface area contributed by atoms with Crippen molar-refractivity contribution in [1.29, 1.82) is 0 Å². The number of rotatable bonds is 7. The van der Waals surface area contributed by atoms with Gasteiger partial charge in [-0.15, -0.1) is 0 Å². The van der Waals surface area contributed by atoms with E-state index in [4.69, 9.17) is 4.74 Å². The van der Waals surface area contributed by atoms with Crippen molar-refractivity contribution in [2.45, 2.75) is 27.0 Å². The van der Waals surface area contributed by atoms with Crippen molar-refractivity contribution in [2.24, 2.45) is 0 Å². The molecule has 1 aromatic carbocycles. The zero-order chi connectivity index (χ0) is 12.5. The van der Waals surface area contributed by atoms with Gasteiger partial charge in [-0.3, -0.25) is 4.90 Å². The lowest BCUT2D eigenvalue weighted by Crippen LogP contribution is -2.35. The minimum Gasteiger partial charge on any atom is -0.360 e. The number of hydrogen-bond donors (Lipinski definition) is 0. The van der Waals surface area contributed by atoms with Gasteiger partial charge in [-0.05, 0) is 31.7 Å². The molecule has 94 valence electrons. The molecule has 0 bridgehead atoms. The molecule has 1 aromatic rings. The van der Waals surface area contributed by atoms with Crippen molar-refractivity contribution < 1.29 is 4.74 Å². The maximum absolute atomic E-state index is 5.75. The summed E-state index contributed by atoms with van der Waals surface area (Å²) in [7, 11) is 0. The molecule has 0 saturated carbocycles. The lowest BCUT2D eigenvalue weighted by molar-refractivity contribution is -0.0163. The molecule has 1 rings (SSSR count). The van der Waals surface area contributed by atoms with E-state index in [1.165, 1.54) is 5.56 Å². The van der Waals surface area contributed by atoms with Crippen LogP contribution in [0.25, 0.3) is 6.08 Å². The standard InChI is InChI=1S/C15H23NO/c1-4-16(5-2)15(17-6-3)13-12-14-10-8-7-9-11-14/h7-13,15H,4-6H2,1-3H3. The van der Waals surface area contributed by atoms with Gasteiger partial charge in [0.1, 0.15) is 6.23 Å². The molecule has 17 heavy (non-hydrogen) atoms. The van der Waals surface area contributed by atoms with Crippen LogP contribution in [0.15, 0.2) is 36.4 Å². The van der Waals surface area contributed by atoms with Gasteiger partial charge in [0.2, 0.25) is 0 Å². The monoisotopic (exact) mass is 233 g/mol. The fourth-order valence-electron chi connectivity index (χ4n) is 1.79. The molecule has 1 atom stereocenters. The number of hydrogen-bond acceptors (Lipinski definition) is 2. The Morgan fingerprint density at radius 2 is 1.76 bits per heavy atom. The Morgan fingerprint density at radius 1 is 1.12 bits per heavy atom. The van der Waals surface area contributed by atoms with Gasteiger partial charge in [0.15, 0.2) is 0 Å². The quantitative estimate of drug-likeness (QED) is 0.669. The zero-order valence-corrected chi connectivity index (χ0v) is 11.1. The molecular formula is C15H23NO. The molecule has 0 radical (unpaired) electrons. The first-order valence-electron chi connectivity index (χ1n) is 6.40. The molecular weight excluding hydrogens is 210 g/mol. The van der Waals surface area contributed by atoms with Crippen LogP contribution in [0.1, 0.15) is 26.3 Å². The molecule has 1 unspecified atom stereocenters. The Morgan fingerprint density at radius 3 is 2.29 bits per heavy atom. The van der Waals surface area contributed by atoms with Crippen LogP contribution >= 0.6 is 0 Å². The van der Waals surface area contributed by atoms with E-state index in [-0.39, 0.29) is 6.23 Å². The number of ether oxygens (including phenoxy) is 1. The summed E-state index contributed by atoms with van der Waals surface area (Å²) in [5.41, 5.74) is 1.21. The molecule has 0 aliphatic carbocycles. The number of likely N-dealkylation sites (N-methyl/N-ethyl adjacent to an activating group) is 1. The van der Waals surface area contributed by atoms with Gasteiger partial charge in [0.25, 0.3) is 0 Å². The third-order valence-corrected chi connectivity index (χ3v) is 2.76. The first-order chi connectivity index (χ1) is 8.31. The van der Waals surface area contributed by atoms with Crippen LogP contribution in [0.5, 0.6) is 0 Å². The van der Waals surface area contributed by atoms with E-state index in [0.717, 1.165) is 19.7 Å². The zero-order valence-electron chi connectivity index (χ0n) is 11.1. The molecule has 0 spiro atoms. The predicted octanol–water partition coefficient (Wildman–Crippen LogP) is 3.40. The summed E-state index contributed by atoms with van der Waals surface area (Å²) in [6, 6.07) is 10.3. The molecule has 2 nitrogen and oxygen atoms in total. The second kappa shape index (κ2) is 8.04. The Labute approximate surface area is 105 Å². The van der Waals surface area contributed by atoms with E-state index in [1.807, 2.05) is 25.1 Å². The summed E-state index contributed by atoms with van der Waals surface area (Å²) in [5.74, 6) is 0. The SMILES string of the molecule is CCOC(C=Cc1ccccc1)N(CC)CC. The van der Waals surface area contributed by atoms with Crippen molar-refractivity contribution >= 4 is 6.08 Å². The van der Waals surface area contributed by atoms with Gasteiger partial charge in [-0.2, -0.15) is 0 Å². The summed E-state index contributed by atoms with van der Waals surface area (Å²) in [6.07, 6.45) is 4.33. The number of nitrogens with zero attached hydrogens (tertiary/aromatic N) is 1. The van der Waals surface area contributed by atoms with E-state index in [2.05, 4.69) is 43.0 Å². The van der Waals surface area contributed by atoms with Crippen molar-refractivity contribution in [1.82, 2.24) is 4.90 Å². The molecule has 0 aliphatic rings. The summed E-state index contributed by atoms with van der Waals surface area (Å²) >= 11 is 0. The van der Waals surface area contributed by atoms with Gasteiger partial charge < -0.3 is 4.74 Å². The van der Waals surface area contributed by atoms with Crippen LogP contribution in [0, 0.1) is 0 Å². The number of benzene rings is 1. The lowest BCUT2D eigenvalue weighted by atomic mass is 10.2. The summed E-state index contributed by atoms with van der Waals surface area (Å²) in [5, 5.41) is 0. The molecule has 2 heteroatoms. The van der Waals surface area contributed by atoms with E-state index in [0.29, 0.717) is 0 Å². The highest BCUT2D eigenvalue weighted by molar-refractivity contribution is 5.49. The van der Waals surface area contributed by atoms with Gasteiger partial charge in [0, 0.05) is 6.61 Å². The van der Waals surface area contributed by atoms with E-state index in [1.54, 1.807) is 0 Å². The van der Waals surface area contributed by atoms with Crippen LogP contribution in [0.3, 0.4) is 0 Å². The highest BCUT2D eigenvalue weighted by atomic mass is 16.5. The third-order valence-electron chi connectivity index (χ3n) is 2.76. The lowest BCUT2D eigenvalue weighted by Gasteiger charge is -2.26. The molecule has 0 N–H and O–H groups in total. The topological polar surface area (TPSA) is 12.5 Å². The van der Waals surface area contributed by atoms with Crippen LogP contribution in [-0.4, -0.2) is 30.8 Å². The summed E-state index contributed by atoms with van der Waals surface area (Å²) in [6.45, 7) is 9.09. The molecule has 0 fully saturated rings. The highest BCUT2D eigenvalue weighted by Crippen LogP contribution is 2.07. The van der Waals surface area contributed by atoms with E-state index < -0.39 is 0 Å². The van der Waals surface area contributed by atoms with Gasteiger partial charge >= 0.3 is 0 Å². The first-order valence-corrected chi connectivity index (χ1v) is 6.40. The van der Waals surface area contributed by atoms with Gasteiger partial charge in [0.05, 0.1) is 0 Å². The van der Waals surface area contributed by atoms with Crippen molar-refractivity contribution in [3.05, 3.63) is 42.0 Å². The second-order valence-electron chi connectivity index (χ2n) is 3.84. The first kappa shape index (κ1) is 13.9. The molecule has 0 heterocycles. The fraction of sp³-hybridized carbons (Fsp3) is 0.467. The smallest absolute Gasteiger partial charge is 0.130 e. The normalized spacial score (nSPS) is 13.4. The Kier molecular flexibility index (Phi) is 6.60. The van der Waals surface area contributed by atoms with E-state index >= 15 is 0 Å². The van der Waals surface area contributed by atoms with Crippen molar-refractivity contribution in [2.75, 3.05) is 19.7 Å². The third kappa shape index (κ3) is 4.72. The predicted molar refractivity (Wildman–Crippen MR) is 73.8 cm³/mol. The minimum absolute atomic E-state index is 0.0789. The Hall–Kier alpha value is -1.12. The minimum atomic E-state index is 0.0789. The van der Waals surface area contributed by atoms with Gasteiger partial charge in [-0.25, -0.2) is 0 Å². The van der Waals surface area contributed by atoms with Crippen LogP contribution < -0.4 is 0 Å². The average molecular weight is 233 g/mol.